The molecular weight excluding hydrogens is 310 g/mol. The minimum absolute atomic E-state index is 0.0947. The molecule has 0 saturated heterocycles. The molecule has 2 rings (SSSR count). The average molecular weight is 331 g/mol. The van der Waals surface area contributed by atoms with Gasteiger partial charge in [0.2, 0.25) is 5.91 Å². The topological polar surface area (TPSA) is 64.1 Å². The zero-order valence-electron chi connectivity index (χ0n) is 14.0. The average Bonchev–Trinajstić information content (AvgIpc) is 2.52. The molecule has 1 amide bonds. The molecule has 1 atom stereocenters. The number of benzene rings is 1. The number of ether oxygens (including phenoxy) is 1. The molecule has 23 heavy (non-hydrogen) atoms. The zero-order valence-corrected chi connectivity index (χ0v) is 14.8. The second-order valence-electron chi connectivity index (χ2n) is 5.28. The third kappa shape index (κ3) is 4.45. The van der Waals surface area contributed by atoms with E-state index in [4.69, 9.17) is 4.74 Å². The minimum Gasteiger partial charge on any atom is -0.497 e. The Morgan fingerprint density at radius 3 is 2.48 bits per heavy atom. The van der Waals surface area contributed by atoms with Crippen LogP contribution in [0.1, 0.15) is 23.9 Å². The van der Waals surface area contributed by atoms with Crippen LogP contribution in [0.2, 0.25) is 0 Å². The van der Waals surface area contributed by atoms with Crippen molar-refractivity contribution in [2.45, 2.75) is 38.1 Å². The Bertz CT molecular complexity index is 696. The molecule has 0 aliphatic heterocycles. The van der Waals surface area contributed by atoms with Gasteiger partial charge in [-0.25, -0.2) is 9.97 Å². The van der Waals surface area contributed by atoms with Crippen LogP contribution in [-0.4, -0.2) is 28.2 Å². The zero-order chi connectivity index (χ0) is 17.0. The first kappa shape index (κ1) is 17.3. The number of anilines is 1. The van der Waals surface area contributed by atoms with Gasteiger partial charge < -0.3 is 10.1 Å². The first-order valence-electron chi connectivity index (χ1n) is 7.34. The van der Waals surface area contributed by atoms with Gasteiger partial charge in [0.1, 0.15) is 5.75 Å². The summed E-state index contributed by atoms with van der Waals surface area (Å²) in [7, 11) is 1.60. The molecule has 1 heterocycles. The maximum absolute atomic E-state index is 12.3. The van der Waals surface area contributed by atoms with Crippen molar-refractivity contribution in [3.05, 3.63) is 41.2 Å². The van der Waals surface area contributed by atoms with E-state index in [-0.39, 0.29) is 11.2 Å². The summed E-state index contributed by atoms with van der Waals surface area (Å²) < 4.78 is 5.15. The molecule has 5 nitrogen and oxygen atoms in total. The van der Waals surface area contributed by atoms with Crippen molar-refractivity contribution < 1.29 is 9.53 Å². The molecule has 1 aromatic heterocycles. The first-order valence-corrected chi connectivity index (χ1v) is 8.22. The summed E-state index contributed by atoms with van der Waals surface area (Å²) in [6, 6.07) is 7.28. The van der Waals surface area contributed by atoms with Crippen LogP contribution in [0.3, 0.4) is 0 Å². The lowest BCUT2D eigenvalue weighted by molar-refractivity contribution is -0.115. The van der Waals surface area contributed by atoms with E-state index in [1.165, 1.54) is 11.8 Å². The lowest BCUT2D eigenvalue weighted by Crippen LogP contribution is -2.22. The Morgan fingerprint density at radius 2 is 1.87 bits per heavy atom. The van der Waals surface area contributed by atoms with Gasteiger partial charge in [0, 0.05) is 23.1 Å². The standard InChI is InChI=1S/C17H21N3O2S/c1-10-11(2)18-17(19-12(10)3)23-13(4)16(21)20-14-7-6-8-15(9-14)22-5/h6-9,13H,1-5H3,(H,20,21)/t13-/m0/s1. The SMILES string of the molecule is COc1cccc(NC(=O)[C@H](C)Sc2nc(C)c(C)c(C)n2)c1. The molecule has 0 spiro atoms. The van der Waals surface area contributed by atoms with Crippen molar-refractivity contribution >= 4 is 23.4 Å². The normalized spacial score (nSPS) is 11.9. The maximum atomic E-state index is 12.3. The monoisotopic (exact) mass is 331 g/mol. The molecule has 0 saturated carbocycles. The summed E-state index contributed by atoms with van der Waals surface area (Å²) in [6.45, 7) is 7.75. The molecule has 0 unspecified atom stereocenters. The number of aryl methyl sites for hydroxylation is 2. The fraction of sp³-hybridized carbons (Fsp3) is 0.353. The second-order valence-corrected chi connectivity index (χ2v) is 6.59. The van der Waals surface area contributed by atoms with Gasteiger partial charge in [0.05, 0.1) is 12.4 Å². The number of rotatable bonds is 5. The van der Waals surface area contributed by atoms with Gasteiger partial charge in [0.25, 0.3) is 0 Å². The highest BCUT2D eigenvalue weighted by Crippen LogP contribution is 2.23. The third-order valence-electron chi connectivity index (χ3n) is 3.60. The molecule has 1 aromatic carbocycles. The number of nitrogens with one attached hydrogen (secondary N) is 1. The summed E-state index contributed by atoms with van der Waals surface area (Å²) in [4.78, 5) is 21.2. The Hall–Kier alpha value is -2.08. The molecule has 0 bridgehead atoms. The van der Waals surface area contributed by atoms with Crippen molar-refractivity contribution in [3.63, 3.8) is 0 Å². The van der Waals surface area contributed by atoms with E-state index < -0.39 is 0 Å². The van der Waals surface area contributed by atoms with E-state index in [1.807, 2.05) is 45.9 Å². The highest BCUT2D eigenvalue weighted by molar-refractivity contribution is 8.00. The highest BCUT2D eigenvalue weighted by Gasteiger charge is 2.17. The first-order chi connectivity index (χ1) is 10.9. The number of hydrogen-bond acceptors (Lipinski definition) is 5. The number of thioether (sulfide) groups is 1. The number of hydrogen-bond donors (Lipinski definition) is 1. The number of amides is 1. The number of aromatic nitrogens is 2. The van der Waals surface area contributed by atoms with Crippen LogP contribution < -0.4 is 10.1 Å². The molecule has 122 valence electrons. The summed E-state index contributed by atoms with van der Waals surface area (Å²) >= 11 is 1.35. The smallest absolute Gasteiger partial charge is 0.237 e. The molecule has 0 fully saturated rings. The lowest BCUT2D eigenvalue weighted by atomic mass is 10.2. The number of methoxy groups -OCH3 is 1. The molecule has 0 aliphatic rings. The Kier molecular flexibility index (Phi) is 5.60. The van der Waals surface area contributed by atoms with Crippen LogP contribution >= 0.6 is 11.8 Å². The van der Waals surface area contributed by atoms with Gasteiger partial charge in [-0.15, -0.1) is 0 Å². The van der Waals surface area contributed by atoms with Gasteiger partial charge in [0.15, 0.2) is 5.16 Å². The Labute approximate surface area is 140 Å². The van der Waals surface area contributed by atoms with Gasteiger partial charge >= 0.3 is 0 Å². The number of carbonyl (C=O) groups excluding carboxylic acids is 1. The molecule has 0 radical (unpaired) electrons. The Balaban J connectivity index is 2.05. The summed E-state index contributed by atoms with van der Waals surface area (Å²) in [5.41, 5.74) is 3.68. The van der Waals surface area contributed by atoms with Crippen molar-refractivity contribution in [1.29, 1.82) is 0 Å². The van der Waals surface area contributed by atoms with Crippen LogP contribution in [0.15, 0.2) is 29.4 Å². The number of carbonyl (C=O) groups is 1. The van der Waals surface area contributed by atoms with E-state index >= 15 is 0 Å². The van der Waals surface area contributed by atoms with Gasteiger partial charge in [-0.05, 0) is 45.4 Å². The van der Waals surface area contributed by atoms with E-state index in [9.17, 15) is 4.79 Å². The summed E-state index contributed by atoms with van der Waals surface area (Å²) in [6.07, 6.45) is 0. The number of nitrogens with zero attached hydrogens (tertiary/aromatic N) is 2. The molecule has 0 aliphatic carbocycles. The van der Waals surface area contributed by atoms with Crippen LogP contribution in [-0.2, 0) is 4.79 Å². The maximum Gasteiger partial charge on any atom is 0.237 e. The fourth-order valence-electron chi connectivity index (χ4n) is 1.95. The van der Waals surface area contributed by atoms with Crippen LogP contribution in [0.5, 0.6) is 5.75 Å². The van der Waals surface area contributed by atoms with Crippen molar-refractivity contribution in [3.8, 4) is 5.75 Å². The second kappa shape index (κ2) is 7.46. The van der Waals surface area contributed by atoms with Gasteiger partial charge in [-0.2, -0.15) is 0 Å². The molecule has 2 aromatic rings. The predicted octanol–water partition coefficient (Wildman–Crippen LogP) is 3.53. The molecule has 1 N–H and O–H groups in total. The van der Waals surface area contributed by atoms with E-state index in [2.05, 4.69) is 15.3 Å². The van der Waals surface area contributed by atoms with Crippen LogP contribution in [0.25, 0.3) is 0 Å². The van der Waals surface area contributed by atoms with Crippen molar-refractivity contribution in [1.82, 2.24) is 9.97 Å². The third-order valence-corrected chi connectivity index (χ3v) is 4.56. The highest BCUT2D eigenvalue weighted by atomic mass is 32.2. The van der Waals surface area contributed by atoms with Gasteiger partial charge in [-0.3, -0.25) is 4.79 Å². The van der Waals surface area contributed by atoms with E-state index in [0.717, 1.165) is 17.0 Å². The molecular formula is C17H21N3O2S. The van der Waals surface area contributed by atoms with Crippen molar-refractivity contribution in [2.75, 3.05) is 12.4 Å². The van der Waals surface area contributed by atoms with Crippen LogP contribution in [0, 0.1) is 20.8 Å². The summed E-state index contributed by atoms with van der Waals surface area (Å²) in [5, 5.41) is 3.20. The fourth-order valence-corrected chi connectivity index (χ4v) is 2.81. The van der Waals surface area contributed by atoms with E-state index in [1.54, 1.807) is 13.2 Å². The van der Waals surface area contributed by atoms with E-state index in [0.29, 0.717) is 16.6 Å². The summed E-state index contributed by atoms with van der Waals surface area (Å²) in [5.74, 6) is 0.610. The Morgan fingerprint density at radius 1 is 1.22 bits per heavy atom. The predicted molar refractivity (Wildman–Crippen MR) is 93.2 cm³/mol. The lowest BCUT2D eigenvalue weighted by Gasteiger charge is -2.13. The minimum atomic E-state index is -0.303. The van der Waals surface area contributed by atoms with Crippen LogP contribution in [0.4, 0.5) is 5.69 Å². The van der Waals surface area contributed by atoms with Gasteiger partial charge in [-0.1, -0.05) is 17.8 Å². The quantitative estimate of drug-likeness (QED) is 0.671. The largest absolute Gasteiger partial charge is 0.497 e. The molecule has 6 heteroatoms. The van der Waals surface area contributed by atoms with Crippen molar-refractivity contribution in [2.24, 2.45) is 0 Å².